The van der Waals surface area contributed by atoms with Crippen molar-refractivity contribution >= 4 is 10.0 Å². The van der Waals surface area contributed by atoms with E-state index in [-0.39, 0.29) is 6.54 Å². The zero-order valence-electron chi connectivity index (χ0n) is 15.4. The fourth-order valence-electron chi connectivity index (χ4n) is 2.58. The molecule has 0 saturated heterocycles. The fourth-order valence-corrected chi connectivity index (χ4v) is 4.04. The van der Waals surface area contributed by atoms with Gasteiger partial charge in [0.1, 0.15) is 0 Å². The largest absolute Gasteiger partial charge is 0.493 e. The fraction of sp³-hybridized carbons (Fsp3) is 0.368. The van der Waals surface area contributed by atoms with Gasteiger partial charge in [0.15, 0.2) is 11.5 Å². The van der Waals surface area contributed by atoms with Crippen molar-refractivity contribution in [2.24, 2.45) is 0 Å². The van der Waals surface area contributed by atoms with Crippen molar-refractivity contribution in [2.75, 3.05) is 20.8 Å². The summed E-state index contributed by atoms with van der Waals surface area (Å²) in [7, 11) is -0.418. The lowest BCUT2D eigenvalue weighted by Crippen LogP contribution is -2.27. The molecule has 6 heteroatoms. The molecule has 2 aromatic carbocycles. The number of sulfonamides is 1. The van der Waals surface area contributed by atoms with Crippen molar-refractivity contribution in [1.82, 2.24) is 4.31 Å². The van der Waals surface area contributed by atoms with Crippen LogP contribution in [0.1, 0.15) is 23.6 Å². The molecule has 2 rings (SSSR count). The molecule has 0 radical (unpaired) electrons. The molecule has 25 heavy (non-hydrogen) atoms. The number of hydrogen-bond acceptors (Lipinski definition) is 4. The average Bonchev–Trinajstić information content (AvgIpc) is 2.58. The number of hydrogen-bond donors (Lipinski definition) is 0. The second-order valence-corrected chi connectivity index (χ2v) is 7.96. The zero-order chi connectivity index (χ0) is 18.6. The van der Waals surface area contributed by atoms with E-state index in [0.717, 1.165) is 16.7 Å². The lowest BCUT2D eigenvalue weighted by molar-refractivity contribution is 0.310. The molecule has 2 aromatic rings. The molecule has 0 aliphatic rings. The maximum atomic E-state index is 12.9. The van der Waals surface area contributed by atoms with Crippen LogP contribution in [-0.2, 0) is 16.6 Å². The topological polar surface area (TPSA) is 55.8 Å². The van der Waals surface area contributed by atoms with Gasteiger partial charge in [-0.05, 0) is 55.7 Å². The minimum atomic E-state index is -3.57. The summed E-state index contributed by atoms with van der Waals surface area (Å²) in [5.74, 6) is 1.24. The van der Waals surface area contributed by atoms with Crippen LogP contribution in [0.15, 0.2) is 41.3 Å². The van der Waals surface area contributed by atoms with Crippen LogP contribution in [0.25, 0.3) is 0 Å². The van der Waals surface area contributed by atoms with E-state index in [2.05, 4.69) is 0 Å². The summed E-state index contributed by atoms with van der Waals surface area (Å²) in [5.41, 5.74) is 2.48. The summed E-state index contributed by atoms with van der Waals surface area (Å²) < 4.78 is 38.0. The first-order valence-electron chi connectivity index (χ1n) is 8.13. The van der Waals surface area contributed by atoms with Gasteiger partial charge in [-0.25, -0.2) is 8.42 Å². The first-order valence-corrected chi connectivity index (χ1v) is 9.57. The smallest absolute Gasteiger partial charge is 0.243 e. The minimum absolute atomic E-state index is 0.248. The third-order valence-corrected chi connectivity index (χ3v) is 5.91. The Labute approximate surface area is 150 Å². The molecule has 0 N–H and O–H groups in total. The Morgan fingerprint density at radius 2 is 1.76 bits per heavy atom. The molecule has 0 aliphatic heterocycles. The van der Waals surface area contributed by atoms with Crippen molar-refractivity contribution in [3.63, 3.8) is 0 Å². The second kappa shape index (κ2) is 7.89. The van der Waals surface area contributed by atoms with Crippen LogP contribution in [0.4, 0.5) is 0 Å². The predicted molar refractivity (Wildman–Crippen MR) is 98.7 cm³/mol. The minimum Gasteiger partial charge on any atom is -0.493 e. The predicted octanol–water partition coefficient (Wildman–Crippen LogP) is 3.53. The molecule has 0 bridgehead atoms. The SMILES string of the molecule is CCOc1ccc(CN(C)S(=O)(=O)c2cc(C)ccc2C)cc1OC. The van der Waals surface area contributed by atoms with E-state index in [0.29, 0.717) is 23.0 Å². The summed E-state index contributed by atoms with van der Waals surface area (Å²) in [5, 5.41) is 0. The standard InChI is InChI=1S/C19H25NO4S/c1-6-24-17-10-9-16(12-18(17)23-5)13-20(4)25(21,22)19-11-14(2)7-8-15(19)3/h7-12H,6,13H2,1-5H3. The Morgan fingerprint density at radius 1 is 1.04 bits per heavy atom. The van der Waals surface area contributed by atoms with Gasteiger partial charge in [-0.15, -0.1) is 0 Å². The van der Waals surface area contributed by atoms with E-state index in [4.69, 9.17) is 9.47 Å². The number of rotatable bonds is 7. The molecule has 0 aliphatic carbocycles. The van der Waals surface area contributed by atoms with Crippen LogP contribution in [0.5, 0.6) is 11.5 Å². The van der Waals surface area contributed by atoms with Gasteiger partial charge in [-0.2, -0.15) is 4.31 Å². The number of nitrogens with zero attached hydrogens (tertiary/aromatic N) is 1. The van der Waals surface area contributed by atoms with Gasteiger partial charge in [-0.1, -0.05) is 18.2 Å². The van der Waals surface area contributed by atoms with Crippen molar-refractivity contribution in [1.29, 1.82) is 0 Å². The average molecular weight is 363 g/mol. The van der Waals surface area contributed by atoms with Gasteiger partial charge in [0, 0.05) is 13.6 Å². The highest BCUT2D eigenvalue weighted by atomic mass is 32.2. The molecular weight excluding hydrogens is 338 g/mol. The summed E-state index contributed by atoms with van der Waals surface area (Å²) in [6.07, 6.45) is 0. The molecule has 5 nitrogen and oxygen atoms in total. The number of aryl methyl sites for hydroxylation is 2. The Bertz CT molecular complexity index is 846. The van der Waals surface area contributed by atoms with Crippen molar-refractivity contribution < 1.29 is 17.9 Å². The Balaban J connectivity index is 2.29. The number of ether oxygens (including phenoxy) is 2. The van der Waals surface area contributed by atoms with E-state index in [1.54, 1.807) is 39.3 Å². The maximum Gasteiger partial charge on any atom is 0.243 e. The van der Waals surface area contributed by atoms with E-state index >= 15 is 0 Å². The highest BCUT2D eigenvalue weighted by Gasteiger charge is 2.23. The van der Waals surface area contributed by atoms with Crippen molar-refractivity contribution in [3.05, 3.63) is 53.1 Å². The second-order valence-electron chi connectivity index (χ2n) is 5.95. The molecule has 0 fully saturated rings. The highest BCUT2D eigenvalue weighted by molar-refractivity contribution is 7.89. The lowest BCUT2D eigenvalue weighted by atomic mass is 10.2. The van der Waals surface area contributed by atoms with Gasteiger partial charge in [0.05, 0.1) is 18.6 Å². The normalized spacial score (nSPS) is 11.6. The lowest BCUT2D eigenvalue weighted by Gasteiger charge is -2.20. The van der Waals surface area contributed by atoms with Crippen LogP contribution in [0, 0.1) is 13.8 Å². The van der Waals surface area contributed by atoms with Crippen LogP contribution in [0.3, 0.4) is 0 Å². The van der Waals surface area contributed by atoms with Crippen LogP contribution in [-0.4, -0.2) is 33.5 Å². The first-order chi connectivity index (χ1) is 11.8. The van der Waals surface area contributed by atoms with Crippen LogP contribution < -0.4 is 9.47 Å². The molecule has 0 spiro atoms. The van der Waals surface area contributed by atoms with E-state index < -0.39 is 10.0 Å². The van der Waals surface area contributed by atoms with Crippen LogP contribution in [0.2, 0.25) is 0 Å². The van der Waals surface area contributed by atoms with Crippen molar-refractivity contribution in [2.45, 2.75) is 32.2 Å². The van der Waals surface area contributed by atoms with E-state index in [1.807, 2.05) is 32.0 Å². The molecule has 0 saturated carbocycles. The van der Waals surface area contributed by atoms with E-state index in [9.17, 15) is 8.42 Å². The summed E-state index contributed by atoms with van der Waals surface area (Å²) in [6.45, 7) is 6.38. The first kappa shape index (κ1) is 19.3. The zero-order valence-corrected chi connectivity index (χ0v) is 16.2. The van der Waals surface area contributed by atoms with Crippen LogP contribution >= 0.6 is 0 Å². The Hall–Kier alpha value is -2.05. The molecule has 0 aromatic heterocycles. The van der Waals surface area contributed by atoms with E-state index in [1.165, 1.54) is 4.31 Å². The molecule has 0 unspecified atom stereocenters. The quantitative estimate of drug-likeness (QED) is 0.755. The summed E-state index contributed by atoms with van der Waals surface area (Å²) in [4.78, 5) is 0.341. The Morgan fingerprint density at radius 3 is 2.40 bits per heavy atom. The molecule has 136 valence electrons. The summed E-state index contributed by atoms with van der Waals surface area (Å²) >= 11 is 0. The number of benzene rings is 2. The molecule has 0 atom stereocenters. The highest BCUT2D eigenvalue weighted by Crippen LogP contribution is 2.29. The monoisotopic (exact) mass is 363 g/mol. The van der Waals surface area contributed by atoms with Gasteiger partial charge in [0.2, 0.25) is 10.0 Å². The van der Waals surface area contributed by atoms with Gasteiger partial charge >= 0.3 is 0 Å². The van der Waals surface area contributed by atoms with Crippen molar-refractivity contribution in [3.8, 4) is 11.5 Å². The molecule has 0 heterocycles. The van der Waals surface area contributed by atoms with Gasteiger partial charge in [-0.3, -0.25) is 0 Å². The molecular formula is C19H25NO4S. The Kier molecular flexibility index (Phi) is 6.08. The number of methoxy groups -OCH3 is 1. The third kappa shape index (κ3) is 4.32. The third-order valence-electron chi connectivity index (χ3n) is 3.96. The van der Waals surface area contributed by atoms with Gasteiger partial charge < -0.3 is 9.47 Å². The molecule has 0 amide bonds. The summed E-state index contributed by atoms with van der Waals surface area (Å²) in [6, 6.07) is 10.9. The van der Waals surface area contributed by atoms with Gasteiger partial charge in [0.25, 0.3) is 0 Å². The maximum absolute atomic E-state index is 12.9.